The summed E-state index contributed by atoms with van der Waals surface area (Å²) in [5, 5.41) is 6.01. The number of methoxy groups -OCH3 is 1. The van der Waals surface area contributed by atoms with Gasteiger partial charge in [0.15, 0.2) is 0 Å². The van der Waals surface area contributed by atoms with Gasteiger partial charge < -0.3 is 15.4 Å². The Bertz CT molecular complexity index is 587. The lowest BCUT2D eigenvalue weighted by atomic mass is 10.1. The molecule has 2 rings (SSSR count). The first kappa shape index (κ1) is 16.0. The number of hydrogen-bond donors (Lipinski definition) is 2. The molecule has 0 aliphatic carbocycles. The van der Waals surface area contributed by atoms with Crippen molar-refractivity contribution in [1.82, 2.24) is 15.6 Å². The van der Waals surface area contributed by atoms with Crippen LogP contribution in [0.15, 0.2) is 48.8 Å². The lowest BCUT2D eigenvalue weighted by Gasteiger charge is -2.07. The maximum atomic E-state index is 11.7. The molecule has 0 saturated carbocycles. The first-order valence-electron chi connectivity index (χ1n) is 7.27. The first-order valence-corrected chi connectivity index (χ1v) is 7.27. The van der Waals surface area contributed by atoms with E-state index in [0.717, 1.165) is 24.3 Å². The lowest BCUT2D eigenvalue weighted by molar-refractivity contribution is -0.120. The van der Waals surface area contributed by atoms with Crippen molar-refractivity contribution in [3.05, 3.63) is 59.9 Å². The smallest absolute Gasteiger partial charge is 0.234 e. The van der Waals surface area contributed by atoms with Gasteiger partial charge in [-0.1, -0.05) is 12.1 Å². The number of benzene rings is 1. The number of carbonyl (C=O) groups excluding carboxylic acids is 1. The molecular weight excluding hydrogens is 278 g/mol. The normalized spacial score (nSPS) is 10.2. The second-order valence-electron chi connectivity index (χ2n) is 4.91. The highest BCUT2D eigenvalue weighted by Gasteiger charge is 2.01. The van der Waals surface area contributed by atoms with Crippen molar-refractivity contribution in [2.45, 2.75) is 13.0 Å². The van der Waals surface area contributed by atoms with Crippen LogP contribution in [0.1, 0.15) is 11.1 Å². The molecule has 0 aliphatic rings. The summed E-state index contributed by atoms with van der Waals surface area (Å²) >= 11 is 0. The van der Waals surface area contributed by atoms with E-state index in [4.69, 9.17) is 4.74 Å². The van der Waals surface area contributed by atoms with Gasteiger partial charge in [0, 0.05) is 18.9 Å². The van der Waals surface area contributed by atoms with Crippen LogP contribution < -0.4 is 15.4 Å². The molecule has 0 fully saturated rings. The first-order chi connectivity index (χ1) is 10.8. The molecule has 0 saturated heterocycles. The van der Waals surface area contributed by atoms with E-state index in [2.05, 4.69) is 15.6 Å². The molecule has 0 spiro atoms. The van der Waals surface area contributed by atoms with Crippen LogP contribution in [-0.4, -0.2) is 31.1 Å². The number of nitrogens with zero attached hydrogens (tertiary/aromatic N) is 1. The Morgan fingerprint density at radius 3 is 2.77 bits per heavy atom. The van der Waals surface area contributed by atoms with Gasteiger partial charge in [-0.2, -0.15) is 0 Å². The number of nitrogens with one attached hydrogen (secondary N) is 2. The summed E-state index contributed by atoms with van der Waals surface area (Å²) in [7, 11) is 1.66. The molecule has 0 bridgehead atoms. The highest BCUT2D eigenvalue weighted by molar-refractivity contribution is 5.77. The van der Waals surface area contributed by atoms with Crippen LogP contribution in [0, 0.1) is 0 Å². The summed E-state index contributed by atoms with van der Waals surface area (Å²) in [6, 6.07) is 11.7. The van der Waals surface area contributed by atoms with E-state index < -0.39 is 0 Å². The third kappa shape index (κ3) is 5.54. The number of carbonyl (C=O) groups is 1. The van der Waals surface area contributed by atoms with E-state index in [1.54, 1.807) is 19.5 Å². The fraction of sp³-hybridized carbons (Fsp3) is 0.294. The molecule has 0 aliphatic heterocycles. The average molecular weight is 299 g/mol. The van der Waals surface area contributed by atoms with E-state index in [9.17, 15) is 4.79 Å². The van der Waals surface area contributed by atoms with Crippen LogP contribution in [-0.2, 0) is 17.8 Å². The van der Waals surface area contributed by atoms with E-state index in [-0.39, 0.29) is 5.91 Å². The maximum Gasteiger partial charge on any atom is 0.234 e. The molecule has 116 valence electrons. The van der Waals surface area contributed by atoms with Gasteiger partial charge in [-0.25, -0.2) is 0 Å². The van der Waals surface area contributed by atoms with E-state index in [0.29, 0.717) is 13.1 Å². The summed E-state index contributed by atoms with van der Waals surface area (Å²) in [4.78, 5) is 15.7. The molecule has 0 radical (unpaired) electrons. The highest BCUT2D eigenvalue weighted by Crippen LogP contribution is 2.12. The molecule has 2 N–H and O–H groups in total. The van der Waals surface area contributed by atoms with Gasteiger partial charge in [-0.3, -0.25) is 9.78 Å². The molecular formula is C17H21N3O2. The maximum absolute atomic E-state index is 11.7. The summed E-state index contributed by atoms with van der Waals surface area (Å²) in [6.45, 7) is 1.59. The minimum absolute atomic E-state index is 0.0116. The Balaban J connectivity index is 1.62. The SMILES string of the molecule is COc1cccc(CCNCC(=O)NCc2ccncc2)c1. The molecule has 1 aromatic carbocycles. The third-order valence-corrected chi connectivity index (χ3v) is 3.25. The summed E-state index contributed by atoms with van der Waals surface area (Å²) in [6.07, 6.45) is 4.29. The minimum Gasteiger partial charge on any atom is -0.497 e. The third-order valence-electron chi connectivity index (χ3n) is 3.25. The van der Waals surface area contributed by atoms with Crippen molar-refractivity contribution in [2.24, 2.45) is 0 Å². The Kier molecular flexibility index (Phi) is 6.39. The molecule has 5 heteroatoms. The Morgan fingerprint density at radius 1 is 1.18 bits per heavy atom. The van der Waals surface area contributed by atoms with Gasteiger partial charge in [0.05, 0.1) is 13.7 Å². The monoisotopic (exact) mass is 299 g/mol. The second-order valence-corrected chi connectivity index (χ2v) is 4.91. The van der Waals surface area contributed by atoms with Crippen molar-refractivity contribution >= 4 is 5.91 Å². The van der Waals surface area contributed by atoms with E-state index in [1.165, 1.54) is 5.56 Å². The van der Waals surface area contributed by atoms with Crippen molar-refractivity contribution in [3.8, 4) is 5.75 Å². The van der Waals surface area contributed by atoms with Crippen molar-refractivity contribution in [3.63, 3.8) is 0 Å². The highest BCUT2D eigenvalue weighted by atomic mass is 16.5. The predicted molar refractivity (Wildman–Crippen MR) is 85.7 cm³/mol. The molecule has 1 heterocycles. The summed E-state index contributed by atoms with van der Waals surface area (Å²) in [5.41, 5.74) is 2.23. The minimum atomic E-state index is -0.0116. The van der Waals surface area contributed by atoms with Gasteiger partial charge in [0.2, 0.25) is 5.91 Å². The Hall–Kier alpha value is -2.40. The summed E-state index contributed by atoms with van der Waals surface area (Å²) in [5.74, 6) is 0.843. The molecule has 1 aromatic heterocycles. The topological polar surface area (TPSA) is 63.2 Å². The second kappa shape index (κ2) is 8.79. The van der Waals surface area contributed by atoms with Gasteiger partial charge in [-0.15, -0.1) is 0 Å². The van der Waals surface area contributed by atoms with Crippen LogP contribution in [0.4, 0.5) is 0 Å². The van der Waals surface area contributed by atoms with Gasteiger partial charge >= 0.3 is 0 Å². The average Bonchev–Trinajstić information content (AvgIpc) is 2.58. The molecule has 0 atom stereocenters. The largest absolute Gasteiger partial charge is 0.497 e. The van der Waals surface area contributed by atoms with Crippen LogP contribution in [0.3, 0.4) is 0 Å². The molecule has 0 unspecified atom stereocenters. The number of aromatic nitrogens is 1. The van der Waals surface area contributed by atoms with Gasteiger partial charge in [-0.05, 0) is 48.4 Å². The van der Waals surface area contributed by atoms with Crippen LogP contribution >= 0.6 is 0 Å². The number of ether oxygens (including phenoxy) is 1. The molecule has 22 heavy (non-hydrogen) atoms. The van der Waals surface area contributed by atoms with Crippen molar-refractivity contribution < 1.29 is 9.53 Å². The van der Waals surface area contributed by atoms with Gasteiger partial charge in [0.25, 0.3) is 0 Å². The quantitative estimate of drug-likeness (QED) is 0.726. The standard InChI is InChI=1S/C17H21N3O2/c1-22-16-4-2-3-14(11-16)5-10-19-13-17(21)20-12-15-6-8-18-9-7-15/h2-4,6-9,11,19H,5,10,12-13H2,1H3,(H,20,21). The van der Waals surface area contributed by atoms with Crippen LogP contribution in [0.5, 0.6) is 5.75 Å². The Morgan fingerprint density at radius 2 is 2.00 bits per heavy atom. The van der Waals surface area contributed by atoms with Crippen LogP contribution in [0.2, 0.25) is 0 Å². The van der Waals surface area contributed by atoms with Gasteiger partial charge in [0.1, 0.15) is 5.75 Å². The number of hydrogen-bond acceptors (Lipinski definition) is 4. The molecule has 2 aromatic rings. The summed E-state index contributed by atoms with van der Waals surface area (Å²) < 4.78 is 5.18. The number of rotatable bonds is 8. The van der Waals surface area contributed by atoms with Crippen molar-refractivity contribution in [1.29, 1.82) is 0 Å². The zero-order chi connectivity index (χ0) is 15.6. The number of pyridine rings is 1. The zero-order valence-corrected chi connectivity index (χ0v) is 12.7. The molecule has 1 amide bonds. The lowest BCUT2D eigenvalue weighted by Crippen LogP contribution is -2.34. The molecule has 5 nitrogen and oxygen atoms in total. The fourth-order valence-electron chi connectivity index (χ4n) is 2.03. The number of amides is 1. The predicted octanol–water partition coefficient (Wildman–Crippen LogP) is 1.54. The fourth-order valence-corrected chi connectivity index (χ4v) is 2.03. The van der Waals surface area contributed by atoms with Crippen molar-refractivity contribution in [2.75, 3.05) is 20.2 Å². The van der Waals surface area contributed by atoms with E-state index in [1.807, 2.05) is 36.4 Å². The van der Waals surface area contributed by atoms with Crippen LogP contribution in [0.25, 0.3) is 0 Å². The Labute approximate surface area is 130 Å². The van der Waals surface area contributed by atoms with E-state index >= 15 is 0 Å². The zero-order valence-electron chi connectivity index (χ0n) is 12.7.